The first-order chi connectivity index (χ1) is 11.9. The monoisotopic (exact) mass is 360 g/mol. The first kappa shape index (κ1) is 17.3. The van der Waals surface area contributed by atoms with Gasteiger partial charge in [0.05, 0.1) is 6.26 Å². The Hall–Kier alpha value is -2.54. The average Bonchev–Trinajstić information content (AvgIpc) is 2.94. The molecule has 0 amide bonds. The van der Waals surface area contributed by atoms with Crippen LogP contribution in [-0.2, 0) is 32.6 Å². The smallest absolute Gasteiger partial charge is 0.325 e. The normalized spacial score (nSPS) is 13.4. The minimum Gasteiger partial charge on any atom is -0.459 e. The molecular formula is C18H20N2O4S. The van der Waals surface area contributed by atoms with Crippen molar-refractivity contribution in [3.63, 3.8) is 0 Å². The number of anilines is 2. The minimum atomic E-state index is -3.30. The zero-order chi connectivity index (χ0) is 17.9. The van der Waals surface area contributed by atoms with Gasteiger partial charge in [-0.15, -0.1) is 0 Å². The van der Waals surface area contributed by atoms with E-state index in [-0.39, 0.29) is 19.1 Å². The van der Waals surface area contributed by atoms with Gasteiger partial charge in [0.25, 0.3) is 0 Å². The summed E-state index contributed by atoms with van der Waals surface area (Å²) >= 11 is 0. The third-order valence-electron chi connectivity index (χ3n) is 3.94. The molecule has 0 aromatic heterocycles. The fraction of sp³-hybridized carbons (Fsp3) is 0.278. The molecule has 25 heavy (non-hydrogen) atoms. The van der Waals surface area contributed by atoms with Crippen molar-refractivity contribution >= 4 is 27.4 Å². The molecule has 1 aliphatic heterocycles. The number of sulfonamides is 1. The first-order valence-corrected chi connectivity index (χ1v) is 9.85. The van der Waals surface area contributed by atoms with Crippen LogP contribution in [0.2, 0.25) is 0 Å². The Balaban J connectivity index is 1.60. The van der Waals surface area contributed by atoms with Crippen molar-refractivity contribution < 1.29 is 17.9 Å². The first-order valence-electron chi connectivity index (χ1n) is 7.96. The molecule has 2 aromatic rings. The number of rotatable bonds is 6. The molecular weight excluding hydrogens is 340 g/mol. The van der Waals surface area contributed by atoms with Crippen LogP contribution in [0.4, 0.5) is 11.4 Å². The van der Waals surface area contributed by atoms with E-state index in [1.54, 1.807) is 6.07 Å². The second-order valence-corrected chi connectivity index (χ2v) is 7.78. The third kappa shape index (κ3) is 4.73. The van der Waals surface area contributed by atoms with Gasteiger partial charge in [-0.05, 0) is 35.7 Å². The fourth-order valence-electron chi connectivity index (χ4n) is 2.85. The molecule has 3 rings (SSSR count). The van der Waals surface area contributed by atoms with Gasteiger partial charge in [0, 0.05) is 17.9 Å². The largest absolute Gasteiger partial charge is 0.459 e. The van der Waals surface area contributed by atoms with Crippen molar-refractivity contribution in [2.75, 3.05) is 29.0 Å². The van der Waals surface area contributed by atoms with Gasteiger partial charge in [-0.2, -0.15) is 0 Å². The van der Waals surface area contributed by atoms with Gasteiger partial charge in [0.15, 0.2) is 0 Å². The molecule has 1 N–H and O–H groups in total. The van der Waals surface area contributed by atoms with Crippen LogP contribution < -0.4 is 9.62 Å². The lowest BCUT2D eigenvalue weighted by Crippen LogP contribution is -2.29. The van der Waals surface area contributed by atoms with Crippen molar-refractivity contribution in [1.82, 2.24) is 0 Å². The average molecular weight is 360 g/mol. The van der Waals surface area contributed by atoms with Gasteiger partial charge >= 0.3 is 5.97 Å². The van der Waals surface area contributed by atoms with Crippen LogP contribution in [0.15, 0.2) is 48.5 Å². The van der Waals surface area contributed by atoms with Gasteiger partial charge in [-0.25, -0.2) is 8.42 Å². The van der Waals surface area contributed by atoms with Crippen molar-refractivity contribution in [3.05, 3.63) is 59.7 Å². The molecule has 0 fully saturated rings. The number of nitrogens with zero attached hydrogens (tertiary/aromatic N) is 1. The van der Waals surface area contributed by atoms with E-state index in [1.807, 2.05) is 47.4 Å². The molecule has 6 nitrogen and oxygen atoms in total. The molecule has 0 spiro atoms. The molecule has 132 valence electrons. The highest BCUT2D eigenvalue weighted by Crippen LogP contribution is 2.30. The Morgan fingerprint density at radius 3 is 2.68 bits per heavy atom. The lowest BCUT2D eigenvalue weighted by Gasteiger charge is -2.18. The zero-order valence-electron chi connectivity index (χ0n) is 13.9. The molecule has 0 atom stereocenters. The number of ether oxygens (including phenoxy) is 1. The van der Waals surface area contributed by atoms with Crippen molar-refractivity contribution in [2.45, 2.75) is 13.0 Å². The predicted molar refractivity (Wildman–Crippen MR) is 97.1 cm³/mol. The van der Waals surface area contributed by atoms with Crippen LogP contribution >= 0.6 is 0 Å². The van der Waals surface area contributed by atoms with Gasteiger partial charge < -0.3 is 9.64 Å². The van der Waals surface area contributed by atoms with E-state index < -0.39 is 10.0 Å². The van der Waals surface area contributed by atoms with Crippen molar-refractivity contribution in [1.29, 1.82) is 0 Å². The lowest BCUT2D eigenvalue weighted by molar-refractivity contribution is -0.143. The van der Waals surface area contributed by atoms with Crippen molar-refractivity contribution in [3.8, 4) is 0 Å². The molecule has 0 bridgehead atoms. The molecule has 1 heterocycles. The Morgan fingerprint density at radius 1 is 1.20 bits per heavy atom. The van der Waals surface area contributed by atoms with Gasteiger partial charge in [-0.1, -0.05) is 30.3 Å². The Morgan fingerprint density at radius 2 is 1.96 bits per heavy atom. The summed E-state index contributed by atoms with van der Waals surface area (Å²) in [4.78, 5) is 14.0. The maximum atomic E-state index is 12.1. The quantitative estimate of drug-likeness (QED) is 0.799. The number of nitrogens with one attached hydrogen (secondary N) is 1. The van der Waals surface area contributed by atoms with E-state index in [4.69, 9.17) is 4.74 Å². The summed E-state index contributed by atoms with van der Waals surface area (Å²) in [6, 6.07) is 14.9. The fourth-order valence-corrected chi connectivity index (χ4v) is 3.41. The Labute approximate surface area is 147 Å². The number of fused-ring (bicyclic) bond motifs is 1. The molecule has 0 unspecified atom stereocenters. The van der Waals surface area contributed by atoms with Crippen LogP contribution in [0.3, 0.4) is 0 Å². The standard InChI is InChI=1S/C18H20N2O4S/c1-25(22,23)19-16-7-8-17-15(11-16)9-10-20(17)12-18(21)24-13-14-5-3-2-4-6-14/h2-8,11,19H,9-10,12-13H2,1H3. The third-order valence-corrected chi connectivity index (χ3v) is 4.54. The predicted octanol–water partition coefficient (Wildman–Crippen LogP) is 2.16. The summed E-state index contributed by atoms with van der Waals surface area (Å²) in [5.74, 6) is -0.282. The molecule has 2 aromatic carbocycles. The second kappa shape index (κ2) is 7.14. The molecule has 1 aliphatic rings. The number of esters is 1. The number of carbonyl (C=O) groups is 1. The summed E-state index contributed by atoms with van der Waals surface area (Å²) in [6.45, 7) is 1.15. The molecule has 0 saturated heterocycles. The SMILES string of the molecule is CS(=O)(=O)Nc1ccc2c(c1)CCN2CC(=O)OCc1ccccc1. The van der Waals surface area contributed by atoms with Gasteiger partial charge in [-0.3, -0.25) is 9.52 Å². The van der Waals surface area contributed by atoms with E-state index in [0.29, 0.717) is 12.2 Å². The van der Waals surface area contributed by atoms with Crippen LogP contribution in [0.1, 0.15) is 11.1 Å². The van der Waals surface area contributed by atoms with E-state index in [9.17, 15) is 13.2 Å². The maximum Gasteiger partial charge on any atom is 0.325 e. The van der Waals surface area contributed by atoms with Crippen LogP contribution in [0, 0.1) is 0 Å². The Kier molecular flexibility index (Phi) is 4.94. The summed E-state index contributed by atoms with van der Waals surface area (Å²) in [6.07, 6.45) is 1.88. The topological polar surface area (TPSA) is 75.7 Å². The van der Waals surface area contributed by atoms with E-state index in [0.717, 1.165) is 29.5 Å². The number of benzene rings is 2. The minimum absolute atomic E-state index is 0.179. The number of hydrogen-bond donors (Lipinski definition) is 1. The highest BCUT2D eigenvalue weighted by atomic mass is 32.2. The zero-order valence-corrected chi connectivity index (χ0v) is 14.8. The molecule has 7 heteroatoms. The van der Waals surface area contributed by atoms with Gasteiger partial charge in [0.2, 0.25) is 10.0 Å². The van der Waals surface area contributed by atoms with Crippen LogP contribution in [0.5, 0.6) is 0 Å². The Bertz CT molecular complexity index is 866. The van der Waals surface area contributed by atoms with Crippen LogP contribution in [0.25, 0.3) is 0 Å². The van der Waals surface area contributed by atoms with Crippen LogP contribution in [-0.4, -0.2) is 33.7 Å². The molecule has 0 aliphatic carbocycles. The summed E-state index contributed by atoms with van der Waals surface area (Å²) in [5.41, 5.74) is 3.45. The number of carbonyl (C=O) groups excluding carboxylic acids is 1. The summed E-state index contributed by atoms with van der Waals surface area (Å²) in [5, 5.41) is 0. The lowest BCUT2D eigenvalue weighted by atomic mass is 10.1. The summed E-state index contributed by atoms with van der Waals surface area (Å²) < 4.78 is 30.4. The molecule has 0 radical (unpaired) electrons. The second-order valence-electron chi connectivity index (χ2n) is 6.04. The summed E-state index contributed by atoms with van der Waals surface area (Å²) in [7, 11) is -3.30. The van der Waals surface area contributed by atoms with Crippen molar-refractivity contribution in [2.24, 2.45) is 0 Å². The highest BCUT2D eigenvalue weighted by molar-refractivity contribution is 7.92. The number of hydrogen-bond acceptors (Lipinski definition) is 5. The van der Waals surface area contributed by atoms with E-state index in [2.05, 4.69) is 4.72 Å². The van der Waals surface area contributed by atoms with Gasteiger partial charge in [0.1, 0.15) is 13.2 Å². The van der Waals surface area contributed by atoms with E-state index >= 15 is 0 Å². The molecule has 0 saturated carbocycles. The maximum absolute atomic E-state index is 12.1. The van der Waals surface area contributed by atoms with E-state index in [1.165, 1.54) is 0 Å². The highest BCUT2D eigenvalue weighted by Gasteiger charge is 2.22.